The minimum atomic E-state index is -0.437. The van der Waals surface area contributed by atoms with Crippen LogP contribution in [-0.4, -0.2) is 63.4 Å². The number of ether oxygens (including phenoxy) is 5. The van der Waals surface area contributed by atoms with E-state index in [1.807, 2.05) is 12.1 Å². The number of carbonyl (C=O) groups excluding carboxylic acids is 2. The van der Waals surface area contributed by atoms with Crippen molar-refractivity contribution in [3.63, 3.8) is 0 Å². The van der Waals surface area contributed by atoms with Gasteiger partial charge in [-0.1, -0.05) is 0 Å². The molecule has 4 rings (SSSR count). The SMILES string of the molecule is COc1ccc(-c2csc(NC(=O)COCC(=O)Nc3nc(-c4ccc(OC)cc4OC)cs3)n2)c(OC)c1. The monoisotopic (exact) mass is 570 g/mol. The number of anilines is 2. The zero-order valence-electron chi connectivity index (χ0n) is 21.6. The number of nitrogens with zero attached hydrogens (tertiary/aromatic N) is 2. The number of hydrogen-bond acceptors (Lipinski definition) is 11. The van der Waals surface area contributed by atoms with E-state index in [1.54, 1.807) is 63.5 Å². The summed E-state index contributed by atoms with van der Waals surface area (Å²) in [5.41, 5.74) is 2.81. The van der Waals surface area contributed by atoms with Crippen molar-refractivity contribution in [3.05, 3.63) is 47.2 Å². The molecule has 0 radical (unpaired) electrons. The number of carbonyl (C=O) groups is 2. The van der Waals surface area contributed by atoms with Gasteiger partial charge in [-0.25, -0.2) is 9.97 Å². The van der Waals surface area contributed by atoms with E-state index in [0.717, 1.165) is 11.1 Å². The molecule has 0 aliphatic carbocycles. The number of hydrogen-bond donors (Lipinski definition) is 2. The molecule has 0 aliphatic rings. The quantitative estimate of drug-likeness (QED) is 0.252. The summed E-state index contributed by atoms with van der Waals surface area (Å²) < 4.78 is 26.5. The lowest BCUT2D eigenvalue weighted by molar-refractivity contribution is -0.125. The average molecular weight is 571 g/mol. The van der Waals surface area contributed by atoms with Crippen LogP contribution in [0.4, 0.5) is 10.3 Å². The molecule has 2 aromatic heterocycles. The van der Waals surface area contributed by atoms with Crippen molar-refractivity contribution < 1.29 is 33.3 Å². The van der Waals surface area contributed by atoms with Gasteiger partial charge in [0.25, 0.3) is 11.8 Å². The van der Waals surface area contributed by atoms with Crippen molar-refractivity contribution in [1.82, 2.24) is 9.97 Å². The Labute approximate surface area is 232 Å². The lowest BCUT2D eigenvalue weighted by Gasteiger charge is -2.08. The van der Waals surface area contributed by atoms with Crippen LogP contribution in [0.3, 0.4) is 0 Å². The van der Waals surface area contributed by atoms with Gasteiger partial charge in [0.15, 0.2) is 10.3 Å². The lowest BCUT2D eigenvalue weighted by Crippen LogP contribution is -2.23. The van der Waals surface area contributed by atoms with Gasteiger partial charge in [-0.2, -0.15) is 0 Å². The third kappa shape index (κ3) is 7.02. The zero-order valence-corrected chi connectivity index (χ0v) is 23.2. The minimum absolute atomic E-state index is 0.319. The molecule has 0 aliphatic heterocycles. The first-order chi connectivity index (χ1) is 18.9. The molecule has 0 saturated carbocycles. The summed E-state index contributed by atoms with van der Waals surface area (Å²) in [6, 6.07) is 10.8. The fourth-order valence-electron chi connectivity index (χ4n) is 3.48. The van der Waals surface area contributed by atoms with E-state index in [1.165, 1.54) is 22.7 Å². The maximum Gasteiger partial charge on any atom is 0.252 e. The average Bonchev–Trinajstić information content (AvgIpc) is 3.61. The van der Waals surface area contributed by atoms with Crippen molar-refractivity contribution in [2.45, 2.75) is 0 Å². The predicted octanol–water partition coefficient (Wildman–Crippen LogP) is 4.56. The van der Waals surface area contributed by atoms with Gasteiger partial charge in [0.1, 0.15) is 36.2 Å². The van der Waals surface area contributed by atoms with Gasteiger partial charge in [-0.05, 0) is 24.3 Å². The molecule has 2 aromatic carbocycles. The van der Waals surface area contributed by atoms with E-state index in [2.05, 4.69) is 20.6 Å². The number of aromatic nitrogens is 2. The summed E-state index contributed by atoms with van der Waals surface area (Å²) in [6.07, 6.45) is 0. The molecule has 2 N–H and O–H groups in total. The molecule has 204 valence electrons. The van der Waals surface area contributed by atoms with E-state index >= 15 is 0 Å². The molecule has 0 bridgehead atoms. The van der Waals surface area contributed by atoms with Gasteiger partial charge in [-0.15, -0.1) is 22.7 Å². The molecule has 11 nitrogen and oxygen atoms in total. The fourth-order valence-corrected chi connectivity index (χ4v) is 4.93. The second-order valence-corrected chi connectivity index (χ2v) is 9.51. The van der Waals surface area contributed by atoms with Crippen LogP contribution < -0.4 is 29.6 Å². The van der Waals surface area contributed by atoms with Gasteiger partial charge in [0.05, 0.1) is 39.8 Å². The molecule has 4 aromatic rings. The van der Waals surface area contributed by atoms with Gasteiger partial charge < -0.3 is 23.7 Å². The van der Waals surface area contributed by atoms with Crippen LogP contribution in [0.15, 0.2) is 47.2 Å². The standard InChI is InChI=1S/C26H26N4O7S2/c1-33-15-5-7-17(21(9-15)35-3)19-13-38-25(27-19)29-23(31)11-37-12-24(32)30-26-28-20(14-39-26)18-8-6-16(34-2)10-22(18)36-4/h5-10,13-14H,11-12H2,1-4H3,(H,27,29,31)(H,28,30,32). The molecule has 0 fully saturated rings. The van der Waals surface area contributed by atoms with E-state index < -0.39 is 11.8 Å². The highest BCUT2D eigenvalue weighted by Crippen LogP contribution is 2.36. The van der Waals surface area contributed by atoms with Crippen LogP contribution in [-0.2, 0) is 14.3 Å². The van der Waals surface area contributed by atoms with E-state index in [4.69, 9.17) is 23.7 Å². The van der Waals surface area contributed by atoms with Crippen molar-refractivity contribution in [3.8, 4) is 45.5 Å². The number of benzene rings is 2. The maximum atomic E-state index is 12.3. The smallest absolute Gasteiger partial charge is 0.252 e. The first-order valence-electron chi connectivity index (χ1n) is 11.5. The lowest BCUT2D eigenvalue weighted by atomic mass is 10.1. The van der Waals surface area contributed by atoms with Crippen molar-refractivity contribution in [2.24, 2.45) is 0 Å². The van der Waals surface area contributed by atoms with Gasteiger partial charge in [-0.3, -0.25) is 20.2 Å². The number of amides is 2. The molecule has 2 amide bonds. The summed E-state index contributed by atoms with van der Waals surface area (Å²) in [6.45, 7) is -0.638. The summed E-state index contributed by atoms with van der Waals surface area (Å²) in [4.78, 5) is 33.5. The largest absolute Gasteiger partial charge is 0.497 e. The zero-order chi connectivity index (χ0) is 27.8. The molecule has 39 heavy (non-hydrogen) atoms. The topological polar surface area (TPSA) is 130 Å². The van der Waals surface area contributed by atoms with E-state index in [9.17, 15) is 9.59 Å². The number of rotatable bonds is 12. The second-order valence-electron chi connectivity index (χ2n) is 7.80. The number of thiazole rings is 2. The Kier molecular flexibility index (Phi) is 9.31. The van der Waals surface area contributed by atoms with E-state index in [0.29, 0.717) is 44.6 Å². The highest BCUT2D eigenvalue weighted by molar-refractivity contribution is 7.14. The van der Waals surface area contributed by atoms with Crippen LogP contribution in [0.25, 0.3) is 22.5 Å². The minimum Gasteiger partial charge on any atom is -0.497 e. The Bertz CT molecular complexity index is 1350. The molecule has 0 saturated heterocycles. The Balaban J connectivity index is 1.26. The van der Waals surface area contributed by atoms with Gasteiger partial charge in [0, 0.05) is 34.0 Å². The van der Waals surface area contributed by atoms with Gasteiger partial charge >= 0.3 is 0 Å². The van der Waals surface area contributed by atoms with Crippen LogP contribution in [0, 0.1) is 0 Å². The molecule has 13 heteroatoms. The second kappa shape index (κ2) is 13.0. The maximum absolute atomic E-state index is 12.3. The molecule has 0 unspecified atom stereocenters. The number of nitrogens with one attached hydrogen (secondary N) is 2. The van der Waals surface area contributed by atoms with Crippen molar-refractivity contribution in [1.29, 1.82) is 0 Å². The van der Waals surface area contributed by atoms with Crippen LogP contribution in [0.1, 0.15) is 0 Å². The molecule has 0 spiro atoms. The van der Waals surface area contributed by atoms with Crippen molar-refractivity contribution >= 4 is 44.8 Å². The van der Waals surface area contributed by atoms with Crippen molar-refractivity contribution in [2.75, 3.05) is 52.3 Å². The molecule has 2 heterocycles. The van der Waals surface area contributed by atoms with E-state index in [-0.39, 0.29) is 13.2 Å². The Morgan fingerprint density at radius 2 is 1.13 bits per heavy atom. The summed E-state index contributed by atoms with van der Waals surface area (Å²) >= 11 is 2.52. The third-order valence-electron chi connectivity index (χ3n) is 5.34. The molecular weight excluding hydrogens is 544 g/mol. The van der Waals surface area contributed by atoms with Crippen LogP contribution >= 0.6 is 22.7 Å². The Hall–Kier alpha value is -4.20. The van der Waals surface area contributed by atoms with Crippen LogP contribution in [0.5, 0.6) is 23.0 Å². The first kappa shape index (κ1) is 27.8. The third-order valence-corrected chi connectivity index (χ3v) is 6.85. The van der Waals surface area contributed by atoms with Gasteiger partial charge in [0.2, 0.25) is 0 Å². The normalized spacial score (nSPS) is 10.6. The predicted molar refractivity (Wildman–Crippen MR) is 149 cm³/mol. The first-order valence-corrected chi connectivity index (χ1v) is 13.2. The molecule has 0 atom stereocenters. The fraction of sp³-hybridized carbons (Fsp3) is 0.231. The van der Waals surface area contributed by atoms with Crippen LogP contribution in [0.2, 0.25) is 0 Å². The summed E-state index contributed by atoms with van der Waals surface area (Å²) in [7, 11) is 6.28. The Morgan fingerprint density at radius 1 is 0.692 bits per heavy atom. The highest BCUT2D eigenvalue weighted by Gasteiger charge is 2.15. The highest BCUT2D eigenvalue weighted by atomic mass is 32.1. The Morgan fingerprint density at radius 3 is 1.51 bits per heavy atom. The number of methoxy groups -OCH3 is 4. The molecular formula is C26H26N4O7S2. The summed E-state index contributed by atoms with van der Waals surface area (Å²) in [5.74, 6) is 1.65. The summed E-state index contributed by atoms with van der Waals surface area (Å²) in [5, 5.41) is 9.74.